The van der Waals surface area contributed by atoms with E-state index in [9.17, 15) is 8.42 Å². The van der Waals surface area contributed by atoms with Gasteiger partial charge in [-0.15, -0.1) is 0 Å². The molecule has 1 rings (SSSR count). The molecule has 1 fully saturated rings. The van der Waals surface area contributed by atoms with Gasteiger partial charge in [0.05, 0.1) is 11.0 Å². The van der Waals surface area contributed by atoms with Crippen molar-refractivity contribution in [2.24, 2.45) is 5.92 Å². The molecule has 0 radical (unpaired) electrons. The Hall–Kier alpha value is -0.0900. The van der Waals surface area contributed by atoms with Crippen LogP contribution in [-0.4, -0.2) is 32.5 Å². The number of hydrogen-bond acceptors (Lipinski definition) is 3. The van der Waals surface area contributed by atoms with Crippen LogP contribution in [0.4, 0.5) is 0 Å². The Labute approximate surface area is 113 Å². The SMILES string of the molecule is CNC1CCCCCCC1S(=O)(=O)CCC(C)C. The van der Waals surface area contributed by atoms with E-state index in [2.05, 4.69) is 19.2 Å². The zero-order chi connectivity index (χ0) is 13.6. The average molecular weight is 275 g/mol. The van der Waals surface area contributed by atoms with E-state index in [0.29, 0.717) is 11.7 Å². The van der Waals surface area contributed by atoms with Gasteiger partial charge in [-0.3, -0.25) is 0 Å². The van der Waals surface area contributed by atoms with Crippen molar-refractivity contribution in [3.8, 4) is 0 Å². The fraction of sp³-hybridized carbons (Fsp3) is 1.00. The van der Waals surface area contributed by atoms with Gasteiger partial charge in [-0.1, -0.05) is 39.5 Å². The van der Waals surface area contributed by atoms with Gasteiger partial charge in [0.15, 0.2) is 9.84 Å². The van der Waals surface area contributed by atoms with Gasteiger partial charge in [0.25, 0.3) is 0 Å². The maximum Gasteiger partial charge on any atom is 0.154 e. The fourth-order valence-electron chi connectivity index (χ4n) is 2.76. The molecule has 0 saturated heterocycles. The number of nitrogens with one attached hydrogen (secondary N) is 1. The van der Waals surface area contributed by atoms with Gasteiger partial charge in [-0.05, 0) is 32.2 Å². The third kappa shape index (κ3) is 4.88. The molecule has 1 N–H and O–H groups in total. The monoisotopic (exact) mass is 275 g/mol. The standard InChI is InChI=1S/C14H29NO2S/c1-12(2)10-11-18(16,17)14-9-7-5-4-6-8-13(14)15-3/h12-15H,4-11H2,1-3H3. The Morgan fingerprint density at radius 2 is 1.72 bits per heavy atom. The lowest BCUT2D eigenvalue weighted by Crippen LogP contribution is -2.44. The van der Waals surface area contributed by atoms with Crippen molar-refractivity contribution in [1.29, 1.82) is 0 Å². The highest BCUT2D eigenvalue weighted by atomic mass is 32.2. The van der Waals surface area contributed by atoms with Crippen LogP contribution in [0.3, 0.4) is 0 Å². The Bertz CT molecular complexity index is 325. The van der Waals surface area contributed by atoms with Crippen molar-refractivity contribution < 1.29 is 8.42 Å². The van der Waals surface area contributed by atoms with Crippen LogP contribution in [0.15, 0.2) is 0 Å². The van der Waals surface area contributed by atoms with Crippen LogP contribution in [0, 0.1) is 5.92 Å². The van der Waals surface area contributed by atoms with Gasteiger partial charge in [-0.2, -0.15) is 0 Å². The molecule has 4 heteroatoms. The largest absolute Gasteiger partial charge is 0.316 e. The van der Waals surface area contributed by atoms with Gasteiger partial charge in [0, 0.05) is 6.04 Å². The summed E-state index contributed by atoms with van der Waals surface area (Å²) < 4.78 is 25.0. The smallest absolute Gasteiger partial charge is 0.154 e. The topological polar surface area (TPSA) is 46.2 Å². The first kappa shape index (κ1) is 16.0. The van der Waals surface area contributed by atoms with Crippen molar-refractivity contribution in [1.82, 2.24) is 5.32 Å². The minimum Gasteiger partial charge on any atom is -0.316 e. The number of rotatable bonds is 5. The molecule has 0 aromatic carbocycles. The zero-order valence-electron chi connectivity index (χ0n) is 12.1. The van der Waals surface area contributed by atoms with Gasteiger partial charge >= 0.3 is 0 Å². The van der Waals surface area contributed by atoms with Crippen LogP contribution < -0.4 is 5.32 Å². The van der Waals surface area contributed by atoms with E-state index >= 15 is 0 Å². The van der Waals surface area contributed by atoms with Crippen molar-refractivity contribution in [2.45, 2.75) is 70.1 Å². The number of sulfone groups is 1. The van der Waals surface area contributed by atoms with Crippen LogP contribution in [-0.2, 0) is 9.84 Å². The van der Waals surface area contributed by atoms with E-state index in [1.54, 1.807) is 0 Å². The summed E-state index contributed by atoms with van der Waals surface area (Å²) in [6.07, 6.45) is 7.28. The molecule has 0 amide bonds. The second-order valence-electron chi connectivity index (χ2n) is 5.97. The molecule has 108 valence electrons. The third-order valence-electron chi connectivity index (χ3n) is 4.01. The predicted molar refractivity (Wildman–Crippen MR) is 77.6 cm³/mol. The molecule has 0 heterocycles. The first-order valence-electron chi connectivity index (χ1n) is 7.36. The molecule has 1 saturated carbocycles. The molecule has 0 aliphatic heterocycles. The molecule has 0 aromatic heterocycles. The summed E-state index contributed by atoms with van der Waals surface area (Å²) in [5.74, 6) is 0.814. The van der Waals surface area contributed by atoms with Crippen molar-refractivity contribution in [2.75, 3.05) is 12.8 Å². The first-order chi connectivity index (χ1) is 8.47. The highest BCUT2D eigenvalue weighted by Gasteiger charge is 2.32. The second kappa shape index (κ2) is 7.49. The first-order valence-corrected chi connectivity index (χ1v) is 9.07. The minimum absolute atomic E-state index is 0.155. The second-order valence-corrected chi connectivity index (χ2v) is 8.31. The molecule has 0 spiro atoms. The average Bonchev–Trinajstić information content (AvgIpc) is 2.26. The molecule has 2 unspecified atom stereocenters. The summed E-state index contributed by atoms with van der Waals surface area (Å²) in [5.41, 5.74) is 0. The molecule has 0 aromatic rings. The molecule has 3 nitrogen and oxygen atoms in total. The summed E-state index contributed by atoms with van der Waals surface area (Å²) in [6, 6.07) is 0.155. The van der Waals surface area contributed by atoms with Crippen LogP contribution in [0.25, 0.3) is 0 Å². The predicted octanol–water partition coefficient (Wildman–Crippen LogP) is 2.76. The molecule has 1 aliphatic rings. The van der Waals surface area contributed by atoms with Crippen LogP contribution in [0.2, 0.25) is 0 Å². The Morgan fingerprint density at radius 1 is 1.11 bits per heavy atom. The van der Waals surface area contributed by atoms with Crippen molar-refractivity contribution >= 4 is 9.84 Å². The third-order valence-corrected chi connectivity index (χ3v) is 6.31. The molecular formula is C14H29NO2S. The Kier molecular flexibility index (Phi) is 6.64. The highest BCUT2D eigenvalue weighted by Crippen LogP contribution is 2.24. The van der Waals surface area contributed by atoms with Crippen molar-refractivity contribution in [3.05, 3.63) is 0 Å². The van der Waals surface area contributed by atoms with Gasteiger partial charge < -0.3 is 5.32 Å². The highest BCUT2D eigenvalue weighted by molar-refractivity contribution is 7.92. The lowest BCUT2D eigenvalue weighted by atomic mass is 9.96. The van der Waals surface area contributed by atoms with Crippen LogP contribution >= 0.6 is 0 Å². The molecule has 18 heavy (non-hydrogen) atoms. The van der Waals surface area contributed by atoms with Crippen LogP contribution in [0.1, 0.15) is 58.8 Å². The van der Waals surface area contributed by atoms with Gasteiger partial charge in [0.1, 0.15) is 0 Å². The van der Waals surface area contributed by atoms with Crippen LogP contribution in [0.5, 0.6) is 0 Å². The van der Waals surface area contributed by atoms with E-state index < -0.39 is 9.84 Å². The quantitative estimate of drug-likeness (QED) is 0.839. The van der Waals surface area contributed by atoms with Crippen molar-refractivity contribution in [3.63, 3.8) is 0 Å². The van der Waals surface area contributed by atoms with E-state index in [0.717, 1.165) is 32.1 Å². The molecular weight excluding hydrogens is 246 g/mol. The summed E-state index contributed by atoms with van der Waals surface area (Å²) in [7, 11) is -1.04. The minimum atomic E-state index is -2.94. The van der Waals surface area contributed by atoms with E-state index in [1.165, 1.54) is 12.8 Å². The van der Waals surface area contributed by atoms with Gasteiger partial charge in [-0.25, -0.2) is 8.42 Å². The summed E-state index contributed by atoms with van der Waals surface area (Å²) in [6.45, 7) is 4.17. The summed E-state index contributed by atoms with van der Waals surface area (Å²) >= 11 is 0. The molecule has 2 atom stereocenters. The summed E-state index contributed by atoms with van der Waals surface area (Å²) in [5, 5.41) is 3.07. The maximum atomic E-state index is 12.5. The van der Waals surface area contributed by atoms with E-state index in [1.807, 2.05) is 7.05 Å². The fourth-order valence-corrected chi connectivity index (χ4v) is 5.16. The van der Waals surface area contributed by atoms with Gasteiger partial charge in [0.2, 0.25) is 0 Å². The zero-order valence-corrected chi connectivity index (χ0v) is 12.9. The number of hydrogen-bond donors (Lipinski definition) is 1. The molecule has 1 aliphatic carbocycles. The Balaban J connectivity index is 2.72. The Morgan fingerprint density at radius 3 is 2.28 bits per heavy atom. The maximum absolute atomic E-state index is 12.5. The van der Waals surface area contributed by atoms with E-state index in [4.69, 9.17) is 0 Å². The lowest BCUT2D eigenvalue weighted by molar-refractivity contribution is 0.404. The van der Waals surface area contributed by atoms with E-state index in [-0.39, 0.29) is 11.3 Å². The normalized spacial score (nSPS) is 26.9. The summed E-state index contributed by atoms with van der Waals surface area (Å²) in [4.78, 5) is 0. The lowest BCUT2D eigenvalue weighted by Gasteiger charge is -2.29. The molecule has 0 bridgehead atoms.